The number of carbonyl (C=O) groups is 2. The Morgan fingerprint density at radius 3 is 2.14 bits per heavy atom. The van der Waals surface area contributed by atoms with Gasteiger partial charge >= 0.3 is 0 Å². The van der Waals surface area contributed by atoms with Crippen molar-refractivity contribution in [3.8, 4) is 0 Å². The van der Waals surface area contributed by atoms with Gasteiger partial charge in [-0.05, 0) is 57.5 Å². The monoisotopic (exact) mass is 545 g/mol. The van der Waals surface area contributed by atoms with Gasteiger partial charge in [-0.2, -0.15) is 0 Å². The molecule has 2 aromatic rings. The number of nitrogens with one attached hydrogen (secondary N) is 1. The molecule has 192 valence electrons. The van der Waals surface area contributed by atoms with E-state index in [1.807, 2.05) is 20.8 Å². The number of sulfonamides is 1. The predicted octanol–water partition coefficient (Wildman–Crippen LogP) is 4.62. The molecule has 11 heteroatoms. The van der Waals surface area contributed by atoms with E-state index in [2.05, 4.69) is 5.32 Å². The molecule has 7 nitrogen and oxygen atoms in total. The van der Waals surface area contributed by atoms with Gasteiger partial charge in [0.2, 0.25) is 21.8 Å². The standard InChI is InChI=1S/C24H30Cl2FN3O4S/c1-6-21(23(32)28-24(2,3)4)29(14-18-19(25)11-8-12-20(18)26)22(31)15-30(35(5,33)34)17-10-7-9-16(27)13-17/h7-13,21H,6,14-15H2,1-5H3,(H,28,32)/t21-/m1/s1. The topological polar surface area (TPSA) is 86.8 Å². The van der Waals surface area contributed by atoms with E-state index < -0.39 is 45.8 Å². The van der Waals surface area contributed by atoms with Gasteiger partial charge in [-0.25, -0.2) is 12.8 Å². The van der Waals surface area contributed by atoms with Gasteiger partial charge in [-0.15, -0.1) is 0 Å². The minimum atomic E-state index is -3.97. The van der Waals surface area contributed by atoms with E-state index in [1.165, 1.54) is 23.1 Å². The van der Waals surface area contributed by atoms with E-state index in [0.717, 1.165) is 16.6 Å². The number of rotatable bonds is 9. The van der Waals surface area contributed by atoms with Crippen molar-refractivity contribution in [3.05, 3.63) is 63.9 Å². The van der Waals surface area contributed by atoms with Gasteiger partial charge in [0.05, 0.1) is 11.9 Å². The minimum Gasteiger partial charge on any atom is -0.350 e. The summed E-state index contributed by atoms with van der Waals surface area (Å²) in [5.74, 6) is -1.74. The number of hydrogen-bond donors (Lipinski definition) is 1. The maximum absolute atomic E-state index is 13.8. The maximum atomic E-state index is 13.8. The normalized spacial score (nSPS) is 12.7. The van der Waals surface area contributed by atoms with Gasteiger partial charge in [0, 0.05) is 27.7 Å². The third-order valence-corrected chi connectivity index (χ3v) is 6.90. The third-order valence-electron chi connectivity index (χ3n) is 5.05. The fraction of sp³-hybridized carbons (Fsp3) is 0.417. The van der Waals surface area contributed by atoms with Crippen molar-refractivity contribution in [2.24, 2.45) is 0 Å². The number of amides is 2. The number of halogens is 3. The quantitative estimate of drug-likeness (QED) is 0.498. The largest absolute Gasteiger partial charge is 0.350 e. The van der Waals surface area contributed by atoms with Crippen LogP contribution in [-0.4, -0.2) is 49.5 Å². The number of anilines is 1. The number of benzene rings is 2. The van der Waals surface area contributed by atoms with Gasteiger partial charge in [0.25, 0.3) is 0 Å². The Labute approximate surface area is 216 Å². The molecule has 0 heterocycles. The van der Waals surface area contributed by atoms with Crippen LogP contribution in [0.4, 0.5) is 10.1 Å². The number of carbonyl (C=O) groups excluding carboxylic acids is 2. The van der Waals surface area contributed by atoms with Crippen molar-refractivity contribution < 1.29 is 22.4 Å². The highest BCUT2D eigenvalue weighted by Gasteiger charge is 2.33. The Hall–Kier alpha value is -2.36. The molecule has 0 aliphatic heterocycles. The van der Waals surface area contributed by atoms with Crippen molar-refractivity contribution >= 4 is 50.7 Å². The SMILES string of the molecule is CC[C@H](C(=O)NC(C)(C)C)N(Cc1c(Cl)cccc1Cl)C(=O)CN(c1cccc(F)c1)S(C)(=O)=O. The second kappa shape index (κ2) is 11.6. The lowest BCUT2D eigenvalue weighted by Crippen LogP contribution is -2.55. The molecule has 2 rings (SSSR count). The lowest BCUT2D eigenvalue weighted by molar-refractivity contribution is -0.141. The molecule has 0 aromatic heterocycles. The van der Waals surface area contributed by atoms with Gasteiger partial charge in [-0.3, -0.25) is 13.9 Å². The zero-order valence-electron chi connectivity index (χ0n) is 20.3. The van der Waals surface area contributed by atoms with Crippen molar-refractivity contribution in [3.63, 3.8) is 0 Å². The fourth-order valence-electron chi connectivity index (χ4n) is 3.47. The first kappa shape index (κ1) is 28.9. The lowest BCUT2D eigenvalue weighted by Gasteiger charge is -2.34. The van der Waals surface area contributed by atoms with Gasteiger partial charge < -0.3 is 10.2 Å². The lowest BCUT2D eigenvalue weighted by atomic mass is 10.1. The molecule has 1 atom stereocenters. The molecule has 35 heavy (non-hydrogen) atoms. The highest BCUT2D eigenvalue weighted by Crippen LogP contribution is 2.28. The van der Waals surface area contributed by atoms with Crippen molar-refractivity contribution in [1.82, 2.24) is 10.2 Å². The van der Waals surface area contributed by atoms with Crippen LogP contribution in [0.3, 0.4) is 0 Å². The Morgan fingerprint density at radius 1 is 1.09 bits per heavy atom. The smallest absolute Gasteiger partial charge is 0.244 e. The molecule has 1 N–H and O–H groups in total. The van der Waals surface area contributed by atoms with E-state index >= 15 is 0 Å². The van der Waals surface area contributed by atoms with E-state index in [9.17, 15) is 22.4 Å². The second-order valence-corrected chi connectivity index (χ2v) is 11.9. The van der Waals surface area contributed by atoms with Crippen LogP contribution < -0.4 is 9.62 Å². The van der Waals surface area contributed by atoms with Gasteiger partial charge in [0.1, 0.15) is 18.4 Å². The van der Waals surface area contributed by atoms with Crippen LogP contribution in [0.25, 0.3) is 0 Å². The van der Waals surface area contributed by atoms with E-state index in [0.29, 0.717) is 15.6 Å². The Morgan fingerprint density at radius 2 is 1.66 bits per heavy atom. The molecule has 0 bridgehead atoms. The first-order valence-corrected chi connectivity index (χ1v) is 13.5. The van der Waals surface area contributed by atoms with Crippen LogP contribution >= 0.6 is 23.2 Å². The third kappa shape index (κ3) is 8.08. The molecule has 2 amide bonds. The fourth-order valence-corrected chi connectivity index (χ4v) is 4.83. The van der Waals surface area contributed by atoms with Gasteiger partial charge in [0.15, 0.2) is 0 Å². The summed E-state index contributed by atoms with van der Waals surface area (Å²) in [5.41, 5.74) is -0.159. The molecule has 0 aliphatic carbocycles. The zero-order chi connectivity index (χ0) is 26.6. The van der Waals surface area contributed by atoms with E-state index in [1.54, 1.807) is 25.1 Å². The van der Waals surface area contributed by atoms with Crippen molar-refractivity contribution in [2.45, 2.75) is 52.2 Å². The summed E-state index contributed by atoms with van der Waals surface area (Å²) in [6.45, 7) is 6.39. The summed E-state index contributed by atoms with van der Waals surface area (Å²) in [6, 6.07) is 8.85. The summed E-state index contributed by atoms with van der Waals surface area (Å²) in [7, 11) is -3.97. The minimum absolute atomic E-state index is 0.0104. The van der Waals surface area contributed by atoms with Crippen molar-refractivity contribution in [2.75, 3.05) is 17.1 Å². The molecular formula is C24H30Cl2FN3O4S. The molecule has 0 radical (unpaired) electrons. The average Bonchev–Trinajstić information content (AvgIpc) is 2.71. The zero-order valence-corrected chi connectivity index (χ0v) is 22.6. The molecule has 0 aliphatic rings. The molecule has 0 saturated carbocycles. The molecule has 0 unspecified atom stereocenters. The van der Waals surface area contributed by atoms with Crippen LogP contribution in [0, 0.1) is 5.82 Å². The van der Waals surface area contributed by atoms with Gasteiger partial charge in [-0.1, -0.05) is 42.3 Å². The number of hydrogen-bond acceptors (Lipinski definition) is 4. The average molecular weight is 546 g/mol. The summed E-state index contributed by atoms with van der Waals surface area (Å²) >= 11 is 12.7. The van der Waals surface area contributed by atoms with E-state index in [-0.39, 0.29) is 18.7 Å². The van der Waals surface area contributed by atoms with Crippen LogP contribution in [0.15, 0.2) is 42.5 Å². The summed E-state index contributed by atoms with van der Waals surface area (Å²) < 4.78 is 39.7. The molecular weight excluding hydrogens is 516 g/mol. The second-order valence-electron chi connectivity index (χ2n) is 9.13. The van der Waals surface area contributed by atoms with Crippen LogP contribution in [0.2, 0.25) is 10.0 Å². The highest BCUT2D eigenvalue weighted by atomic mass is 35.5. The highest BCUT2D eigenvalue weighted by molar-refractivity contribution is 7.92. The van der Waals surface area contributed by atoms with E-state index in [4.69, 9.17) is 23.2 Å². The molecule has 0 fully saturated rings. The van der Waals surface area contributed by atoms with Crippen molar-refractivity contribution in [1.29, 1.82) is 0 Å². The van der Waals surface area contributed by atoms with Crippen LogP contribution in [-0.2, 0) is 26.2 Å². The first-order valence-electron chi connectivity index (χ1n) is 10.9. The predicted molar refractivity (Wildman–Crippen MR) is 138 cm³/mol. The Bertz CT molecular complexity index is 1170. The van der Waals surface area contributed by atoms with Crippen LogP contribution in [0.1, 0.15) is 39.7 Å². The Balaban J connectivity index is 2.52. The maximum Gasteiger partial charge on any atom is 0.244 e. The molecule has 0 spiro atoms. The molecule has 0 saturated heterocycles. The Kier molecular flexibility index (Phi) is 9.56. The number of nitrogens with zero attached hydrogens (tertiary/aromatic N) is 2. The summed E-state index contributed by atoms with van der Waals surface area (Å²) in [6.07, 6.45) is 1.17. The first-order chi connectivity index (χ1) is 16.1. The summed E-state index contributed by atoms with van der Waals surface area (Å²) in [5, 5.41) is 3.46. The van der Waals surface area contributed by atoms with Crippen LogP contribution in [0.5, 0.6) is 0 Å². The molecule has 2 aromatic carbocycles. The summed E-state index contributed by atoms with van der Waals surface area (Å²) in [4.78, 5) is 28.0.